The van der Waals surface area contributed by atoms with E-state index in [9.17, 15) is 19.2 Å². The summed E-state index contributed by atoms with van der Waals surface area (Å²) < 4.78 is 13.3. The Balaban J connectivity index is 1.40. The smallest absolute Gasteiger partial charge is 0.410 e. The molecule has 3 amide bonds. The van der Waals surface area contributed by atoms with Gasteiger partial charge in [0.1, 0.15) is 34.5 Å². The Labute approximate surface area is 275 Å². The topological polar surface area (TPSA) is 145 Å². The van der Waals surface area contributed by atoms with Crippen molar-refractivity contribution in [2.24, 2.45) is 5.41 Å². The molecule has 13 heteroatoms. The van der Waals surface area contributed by atoms with Crippen molar-refractivity contribution in [2.75, 3.05) is 25.1 Å². The van der Waals surface area contributed by atoms with Gasteiger partial charge in [-0.05, 0) is 72.3 Å². The molecule has 3 aromatic rings. The van der Waals surface area contributed by atoms with Gasteiger partial charge in [0.15, 0.2) is 5.78 Å². The first-order chi connectivity index (χ1) is 22.1. The number of nitrogens with one attached hydrogen (secondary N) is 2. The average Bonchev–Trinajstić information content (AvgIpc) is 3.43. The second-order valence-corrected chi connectivity index (χ2v) is 12.5. The summed E-state index contributed by atoms with van der Waals surface area (Å²) in [5.74, 6) is -0.320. The van der Waals surface area contributed by atoms with Crippen molar-refractivity contribution >= 4 is 56.3 Å². The van der Waals surface area contributed by atoms with E-state index in [1.165, 1.54) is 11.6 Å². The number of amides is 3. The van der Waals surface area contributed by atoms with Crippen LogP contribution < -0.4 is 15.4 Å². The highest BCUT2D eigenvalue weighted by Gasteiger charge is 2.67. The van der Waals surface area contributed by atoms with Crippen LogP contribution in [-0.4, -0.2) is 75.2 Å². The molecule has 2 N–H and O–H groups in total. The number of hydrogen-bond acceptors (Lipinski definition) is 8. The lowest BCUT2D eigenvalue weighted by Gasteiger charge is -2.27. The molecule has 1 saturated heterocycles. The van der Waals surface area contributed by atoms with Crippen LogP contribution in [0.3, 0.4) is 0 Å². The van der Waals surface area contributed by atoms with Crippen LogP contribution in [0.4, 0.5) is 10.6 Å². The maximum absolute atomic E-state index is 14.1. The highest BCUT2D eigenvalue weighted by atomic mass is 79.9. The van der Waals surface area contributed by atoms with Gasteiger partial charge in [0.2, 0.25) is 11.8 Å². The summed E-state index contributed by atoms with van der Waals surface area (Å²) in [5, 5.41) is 10.6. The molecule has 12 nitrogen and oxygen atoms in total. The summed E-state index contributed by atoms with van der Waals surface area (Å²) in [7, 11) is 0. The van der Waals surface area contributed by atoms with E-state index >= 15 is 0 Å². The summed E-state index contributed by atoms with van der Waals surface area (Å²) in [6.45, 7) is 11.6. The maximum Gasteiger partial charge on any atom is 0.412 e. The number of hydrogen-bond donors (Lipinski definition) is 2. The third-order valence-electron chi connectivity index (χ3n) is 8.35. The molecule has 2 fully saturated rings. The monoisotopic (exact) mass is 692 g/mol. The number of halogens is 1. The molecule has 5 rings (SSSR count). The third-order valence-corrected chi connectivity index (χ3v) is 8.79. The minimum Gasteiger partial charge on any atom is -0.410 e. The summed E-state index contributed by atoms with van der Waals surface area (Å²) >= 11 is 3.35. The van der Waals surface area contributed by atoms with Crippen molar-refractivity contribution in [3.05, 3.63) is 71.5 Å². The van der Waals surface area contributed by atoms with Gasteiger partial charge in [0.05, 0.1) is 18.7 Å². The Morgan fingerprint density at radius 2 is 1.96 bits per heavy atom. The van der Waals surface area contributed by atoms with Gasteiger partial charge in [0.25, 0.3) is 0 Å². The van der Waals surface area contributed by atoms with Crippen LogP contribution in [0.25, 0.3) is 10.9 Å². The predicted octanol–water partition coefficient (Wildman–Crippen LogP) is 4.96. The molecule has 1 aliphatic carbocycles. The number of ether oxygens (including phenoxy) is 2. The molecule has 1 saturated carbocycles. The quantitative estimate of drug-likeness (QED) is 0.104. The molecule has 0 radical (unpaired) electrons. The Bertz CT molecular complexity index is 1700. The van der Waals surface area contributed by atoms with Crippen molar-refractivity contribution in [2.45, 2.75) is 58.2 Å². The van der Waals surface area contributed by atoms with Crippen LogP contribution >= 0.6 is 15.9 Å². The predicted molar refractivity (Wildman–Crippen MR) is 176 cm³/mol. The van der Waals surface area contributed by atoms with Crippen LogP contribution in [0.5, 0.6) is 5.75 Å². The van der Waals surface area contributed by atoms with Crippen LogP contribution in [0.15, 0.2) is 60.2 Å². The second-order valence-electron chi connectivity index (χ2n) is 11.7. The fraction of sp³-hybridized carbons (Fsp3) is 0.394. The van der Waals surface area contributed by atoms with Crippen LogP contribution in [-0.2, 0) is 20.9 Å². The fourth-order valence-electron chi connectivity index (χ4n) is 5.98. The van der Waals surface area contributed by atoms with Gasteiger partial charge in [-0.3, -0.25) is 19.1 Å². The van der Waals surface area contributed by atoms with E-state index in [1.807, 2.05) is 13.0 Å². The summed E-state index contributed by atoms with van der Waals surface area (Å²) in [6.07, 6.45) is 5.43. The molecule has 1 aliphatic heterocycles. The van der Waals surface area contributed by atoms with Crippen LogP contribution in [0, 0.1) is 12.3 Å². The van der Waals surface area contributed by atoms with E-state index in [-0.39, 0.29) is 47.0 Å². The Kier molecular flexibility index (Phi) is 10.0. The fourth-order valence-corrected chi connectivity index (χ4v) is 6.29. The third kappa shape index (κ3) is 7.05. The van der Waals surface area contributed by atoms with Crippen molar-refractivity contribution in [1.29, 1.82) is 0 Å². The van der Waals surface area contributed by atoms with Crippen LogP contribution in [0.2, 0.25) is 0 Å². The number of unbranched alkanes of at least 4 members (excludes halogenated alkanes) is 1. The van der Waals surface area contributed by atoms with E-state index in [2.05, 4.69) is 49.8 Å². The number of aromatic nitrogens is 3. The van der Waals surface area contributed by atoms with Gasteiger partial charge in [-0.2, -0.15) is 5.10 Å². The first kappa shape index (κ1) is 33.0. The molecule has 0 unspecified atom stereocenters. The number of carbonyl (C=O) groups excluding carboxylic acids is 4. The molecule has 0 spiro atoms. The van der Waals surface area contributed by atoms with Crippen molar-refractivity contribution in [3.63, 3.8) is 0 Å². The highest BCUT2D eigenvalue weighted by Crippen LogP contribution is 2.60. The van der Waals surface area contributed by atoms with Crippen molar-refractivity contribution in [1.82, 2.24) is 25.0 Å². The van der Waals surface area contributed by atoms with E-state index < -0.39 is 12.1 Å². The molecule has 0 bridgehead atoms. The molecule has 3 atom stereocenters. The second kappa shape index (κ2) is 14.0. The van der Waals surface area contributed by atoms with E-state index in [0.717, 1.165) is 18.4 Å². The standard InChI is InChI=1S/C33H37BrN6O6/c1-5-7-8-13-35-32(44)46-22-10-11-23-24(15-22)39(38-29(23)21(4)41)18-28(42)40-25(16-33(17-26(33)40)19-45-14-6-2)31(43)37-30-20(3)9-12-27(34)36-30/h5-6,9-12,15,25-26H,1-2,7-8,13-14,16-19H2,3-4H3,(H,35,44)(H,36,37,43)/t25-,26+,33-/m0/s1. The average molecular weight is 694 g/mol. The van der Waals surface area contributed by atoms with Gasteiger partial charge in [-0.25, -0.2) is 9.78 Å². The number of rotatable bonds is 14. The lowest BCUT2D eigenvalue weighted by molar-refractivity contribution is -0.138. The summed E-state index contributed by atoms with van der Waals surface area (Å²) in [5.41, 5.74) is 1.07. The molecular weight excluding hydrogens is 656 g/mol. The SMILES string of the molecule is C=CCCCNC(=O)Oc1ccc2c(C(C)=O)nn(CC(=O)N3[C@H](C(=O)Nc4nc(Br)ccc4C)C[C@@]4(COCC=C)C[C@@H]34)c2c1. The van der Waals surface area contributed by atoms with E-state index in [1.54, 1.807) is 41.3 Å². The minimum absolute atomic E-state index is 0.189. The maximum atomic E-state index is 14.1. The number of piperidine rings is 1. The lowest BCUT2D eigenvalue weighted by Crippen LogP contribution is -2.47. The lowest BCUT2D eigenvalue weighted by atomic mass is 10.00. The van der Waals surface area contributed by atoms with Crippen molar-refractivity contribution < 1.29 is 28.7 Å². The first-order valence-corrected chi connectivity index (χ1v) is 15.9. The number of ketones is 1. The van der Waals surface area contributed by atoms with Gasteiger partial charge in [-0.1, -0.05) is 18.2 Å². The number of aryl methyl sites for hydroxylation is 1. The number of likely N-dealkylation sites (tertiary alicyclic amines) is 1. The van der Waals surface area contributed by atoms with E-state index in [0.29, 0.717) is 53.9 Å². The normalized spacial score (nSPS) is 19.8. The zero-order valence-corrected chi connectivity index (χ0v) is 27.5. The molecule has 242 valence electrons. The number of pyridine rings is 1. The first-order valence-electron chi connectivity index (χ1n) is 15.1. The number of benzene rings is 1. The van der Waals surface area contributed by atoms with Gasteiger partial charge in [0, 0.05) is 36.4 Å². The largest absolute Gasteiger partial charge is 0.412 e. The molecule has 1 aromatic carbocycles. The zero-order valence-electron chi connectivity index (χ0n) is 25.9. The van der Waals surface area contributed by atoms with Gasteiger partial charge >= 0.3 is 6.09 Å². The number of carbonyl (C=O) groups is 4. The summed E-state index contributed by atoms with van der Waals surface area (Å²) in [4.78, 5) is 58.6. The molecule has 2 aromatic heterocycles. The Morgan fingerprint density at radius 3 is 2.70 bits per heavy atom. The van der Waals surface area contributed by atoms with Crippen molar-refractivity contribution in [3.8, 4) is 5.75 Å². The van der Waals surface area contributed by atoms with Gasteiger partial charge < -0.3 is 25.0 Å². The van der Waals surface area contributed by atoms with Crippen LogP contribution in [0.1, 0.15) is 48.7 Å². The minimum atomic E-state index is -0.767. The zero-order chi connectivity index (χ0) is 33.0. The number of allylic oxidation sites excluding steroid dienone is 1. The number of fused-ring (bicyclic) bond motifs is 2. The Hall–Kier alpha value is -4.36. The molecule has 3 heterocycles. The highest BCUT2D eigenvalue weighted by molar-refractivity contribution is 9.10. The molecule has 46 heavy (non-hydrogen) atoms. The molecule has 2 aliphatic rings. The summed E-state index contributed by atoms with van der Waals surface area (Å²) in [6, 6.07) is 7.45. The Morgan fingerprint density at radius 1 is 1.15 bits per heavy atom. The van der Waals surface area contributed by atoms with E-state index in [4.69, 9.17) is 9.47 Å². The molecular formula is C33H37BrN6O6. The number of Topliss-reactive ketones (excluding diaryl/α,β-unsaturated/α-hetero) is 1. The number of nitrogens with zero attached hydrogens (tertiary/aromatic N) is 4. The number of anilines is 1. The van der Waals surface area contributed by atoms with Gasteiger partial charge in [-0.15, -0.1) is 13.2 Å².